The molecule has 3 heteroatoms. The molecule has 1 aliphatic rings. The molecule has 3 nitrogen and oxygen atoms in total. The zero-order chi connectivity index (χ0) is 10.5. The van der Waals surface area contributed by atoms with Crippen molar-refractivity contribution in [2.45, 2.75) is 19.3 Å². The SMILES string of the molecule is Nc1ccnc(NCC2CC=CCC2)c1. The molecule has 1 aromatic heterocycles. The highest BCUT2D eigenvalue weighted by atomic mass is 15.0. The maximum absolute atomic E-state index is 5.68. The lowest BCUT2D eigenvalue weighted by Crippen LogP contribution is -2.15. The molecule has 0 saturated carbocycles. The van der Waals surface area contributed by atoms with Crippen LogP contribution in [-0.2, 0) is 0 Å². The van der Waals surface area contributed by atoms with Crippen LogP contribution in [-0.4, -0.2) is 11.5 Å². The molecule has 0 spiro atoms. The van der Waals surface area contributed by atoms with Crippen LogP contribution < -0.4 is 11.1 Å². The molecule has 3 N–H and O–H groups in total. The molecule has 0 bridgehead atoms. The number of hydrogen-bond acceptors (Lipinski definition) is 3. The Bertz CT molecular complexity index is 346. The summed E-state index contributed by atoms with van der Waals surface area (Å²) in [6, 6.07) is 3.67. The van der Waals surface area contributed by atoms with E-state index in [-0.39, 0.29) is 0 Å². The van der Waals surface area contributed by atoms with Gasteiger partial charge in [0.25, 0.3) is 0 Å². The summed E-state index contributed by atoms with van der Waals surface area (Å²) in [4.78, 5) is 4.21. The second kappa shape index (κ2) is 4.82. The second-order valence-electron chi connectivity index (χ2n) is 4.01. The normalized spacial score (nSPS) is 20.1. The van der Waals surface area contributed by atoms with Gasteiger partial charge >= 0.3 is 0 Å². The molecule has 0 amide bonds. The second-order valence-corrected chi connectivity index (χ2v) is 4.01. The van der Waals surface area contributed by atoms with Gasteiger partial charge in [-0.05, 0) is 31.2 Å². The van der Waals surface area contributed by atoms with Gasteiger partial charge in [-0.25, -0.2) is 4.98 Å². The number of anilines is 2. The minimum atomic E-state index is 0.734. The third-order valence-electron chi connectivity index (χ3n) is 2.73. The van der Waals surface area contributed by atoms with E-state index < -0.39 is 0 Å². The Balaban J connectivity index is 1.84. The van der Waals surface area contributed by atoms with Crippen LogP contribution in [0, 0.1) is 5.92 Å². The van der Waals surface area contributed by atoms with E-state index in [2.05, 4.69) is 22.5 Å². The Morgan fingerprint density at radius 3 is 3.13 bits per heavy atom. The molecule has 2 rings (SSSR count). The van der Waals surface area contributed by atoms with Crippen molar-refractivity contribution >= 4 is 11.5 Å². The van der Waals surface area contributed by atoms with Crippen LogP contribution in [0.15, 0.2) is 30.5 Å². The molecule has 0 aliphatic heterocycles. The number of nitrogen functional groups attached to an aromatic ring is 1. The van der Waals surface area contributed by atoms with Gasteiger partial charge in [0.2, 0.25) is 0 Å². The minimum absolute atomic E-state index is 0.734. The summed E-state index contributed by atoms with van der Waals surface area (Å²) in [7, 11) is 0. The van der Waals surface area contributed by atoms with Crippen LogP contribution in [0.1, 0.15) is 19.3 Å². The highest BCUT2D eigenvalue weighted by Crippen LogP contribution is 2.18. The van der Waals surface area contributed by atoms with E-state index in [1.807, 2.05) is 6.07 Å². The first-order chi connectivity index (χ1) is 7.34. The number of nitrogens with one attached hydrogen (secondary N) is 1. The van der Waals surface area contributed by atoms with Crippen LogP contribution in [0.5, 0.6) is 0 Å². The molecule has 0 aromatic carbocycles. The fourth-order valence-electron chi connectivity index (χ4n) is 1.83. The van der Waals surface area contributed by atoms with Crippen molar-refractivity contribution in [3.8, 4) is 0 Å². The molecule has 0 radical (unpaired) electrons. The molecule has 1 heterocycles. The van der Waals surface area contributed by atoms with Crippen molar-refractivity contribution in [3.63, 3.8) is 0 Å². The summed E-state index contributed by atoms with van der Waals surface area (Å²) < 4.78 is 0. The van der Waals surface area contributed by atoms with E-state index in [9.17, 15) is 0 Å². The summed E-state index contributed by atoms with van der Waals surface area (Å²) in [6.07, 6.45) is 9.91. The molecule has 1 aliphatic carbocycles. The van der Waals surface area contributed by atoms with E-state index >= 15 is 0 Å². The van der Waals surface area contributed by atoms with Gasteiger partial charge in [-0.1, -0.05) is 12.2 Å². The third kappa shape index (κ3) is 2.98. The maximum Gasteiger partial charge on any atom is 0.127 e. The Morgan fingerprint density at radius 1 is 1.47 bits per heavy atom. The predicted molar refractivity (Wildman–Crippen MR) is 63.6 cm³/mol. The van der Waals surface area contributed by atoms with E-state index in [1.165, 1.54) is 19.3 Å². The largest absolute Gasteiger partial charge is 0.399 e. The van der Waals surface area contributed by atoms with Gasteiger partial charge in [-0.3, -0.25) is 0 Å². The van der Waals surface area contributed by atoms with Gasteiger partial charge in [0.05, 0.1) is 0 Å². The lowest BCUT2D eigenvalue weighted by Gasteiger charge is -2.18. The van der Waals surface area contributed by atoms with Gasteiger partial charge < -0.3 is 11.1 Å². The Kier molecular flexibility index (Phi) is 3.22. The molecule has 1 aromatic rings. The molecular formula is C12H17N3. The van der Waals surface area contributed by atoms with Gasteiger partial charge in [-0.2, -0.15) is 0 Å². The van der Waals surface area contributed by atoms with Gasteiger partial charge in [0, 0.05) is 24.5 Å². The van der Waals surface area contributed by atoms with Crippen molar-refractivity contribution in [2.24, 2.45) is 5.92 Å². The molecule has 0 saturated heterocycles. The molecule has 15 heavy (non-hydrogen) atoms. The van der Waals surface area contributed by atoms with Crippen molar-refractivity contribution in [1.82, 2.24) is 4.98 Å². The van der Waals surface area contributed by atoms with Crippen molar-refractivity contribution in [1.29, 1.82) is 0 Å². The highest BCUT2D eigenvalue weighted by molar-refractivity contribution is 5.48. The maximum atomic E-state index is 5.68. The fraction of sp³-hybridized carbons (Fsp3) is 0.417. The number of nitrogens with two attached hydrogens (primary N) is 1. The van der Waals surface area contributed by atoms with E-state index in [1.54, 1.807) is 12.3 Å². The number of allylic oxidation sites excluding steroid dienone is 2. The molecule has 0 fully saturated rings. The van der Waals surface area contributed by atoms with Crippen LogP contribution in [0.3, 0.4) is 0 Å². The number of aromatic nitrogens is 1. The first-order valence-electron chi connectivity index (χ1n) is 5.45. The number of rotatable bonds is 3. The monoisotopic (exact) mass is 203 g/mol. The van der Waals surface area contributed by atoms with Crippen LogP contribution in [0.2, 0.25) is 0 Å². The number of nitrogens with zero attached hydrogens (tertiary/aromatic N) is 1. The quantitative estimate of drug-likeness (QED) is 0.742. The van der Waals surface area contributed by atoms with Gasteiger partial charge in [0.15, 0.2) is 0 Å². The first kappa shape index (κ1) is 10.0. The average molecular weight is 203 g/mol. The zero-order valence-corrected chi connectivity index (χ0v) is 8.82. The van der Waals surface area contributed by atoms with Gasteiger partial charge in [-0.15, -0.1) is 0 Å². The first-order valence-corrected chi connectivity index (χ1v) is 5.45. The van der Waals surface area contributed by atoms with Gasteiger partial charge in [0.1, 0.15) is 5.82 Å². The molecule has 1 atom stereocenters. The van der Waals surface area contributed by atoms with Crippen molar-refractivity contribution in [3.05, 3.63) is 30.5 Å². The minimum Gasteiger partial charge on any atom is -0.399 e. The Morgan fingerprint density at radius 2 is 2.40 bits per heavy atom. The lowest BCUT2D eigenvalue weighted by molar-refractivity contribution is 0.503. The fourth-order valence-corrected chi connectivity index (χ4v) is 1.83. The zero-order valence-electron chi connectivity index (χ0n) is 8.82. The van der Waals surface area contributed by atoms with Crippen molar-refractivity contribution in [2.75, 3.05) is 17.6 Å². The Hall–Kier alpha value is -1.51. The van der Waals surface area contributed by atoms with Crippen LogP contribution in [0.25, 0.3) is 0 Å². The highest BCUT2D eigenvalue weighted by Gasteiger charge is 2.09. The number of pyridine rings is 1. The molecule has 1 unspecified atom stereocenters. The smallest absolute Gasteiger partial charge is 0.127 e. The summed E-state index contributed by atoms with van der Waals surface area (Å²) in [6.45, 7) is 0.987. The topological polar surface area (TPSA) is 50.9 Å². The molecular weight excluding hydrogens is 186 g/mol. The molecule has 80 valence electrons. The summed E-state index contributed by atoms with van der Waals surface area (Å²) in [5.74, 6) is 1.61. The standard InChI is InChI=1S/C12H17N3/c13-11-6-7-14-12(8-11)15-9-10-4-2-1-3-5-10/h1-2,6-8,10H,3-5,9H2,(H3,13,14,15). The summed E-state index contributed by atoms with van der Waals surface area (Å²) in [5, 5.41) is 3.33. The third-order valence-corrected chi connectivity index (χ3v) is 2.73. The predicted octanol–water partition coefficient (Wildman–Crippen LogP) is 2.43. The van der Waals surface area contributed by atoms with Crippen LogP contribution in [0.4, 0.5) is 11.5 Å². The summed E-state index contributed by atoms with van der Waals surface area (Å²) in [5.41, 5.74) is 6.44. The van der Waals surface area contributed by atoms with Crippen molar-refractivity contribution < 1.29 is 0 Å². The number of hydrogen-bond donors (Lipinski definition) is 2. The summed E-state index contributed by atoms with van der Waals surface area (Å²) >= 11 is 0. The van der Waals surface area contributed by atoms with E-state index in [0.717, 1.165) is 24.0 Å². The lowest BCUT2D eigenvalue weighted by atomic mass is 9.94. The average Bonchev–Trinajstić information content (AvgIpc) is 2.28. The van der Waals surface area contributed by atoms with E-state index in [0.29, 0.717) is 0 Å². The van der Waals surface area contributed by atoms with E-state index in [4.69, 9.17) is 5.73 Å². The Labute approximate surface area is 90.4 Å². The van der Waals surface area contributed by atoms with Crippen LogP contribution >= 0.6 is 0 Å².